The van der Waals surface area contributed by atoms with Crippen LogP contribution >= 0.6 is 11.3 Å². The molecule has 2 aliphatic rings. The first kappa shape index (κ1) is 23.4. The Labute approximate surface area is 216 Å². The van der Waals surface area contributed by atoms with Gasteiger partial charge in [-0.15, -0.1) is 0 Å². The van der Waals surface area contributed by atoms with Crippen molar-refractivity contribution in [3.63, 3.8) is 0 Å². The van der Waals surface area contributed by atoms with E-state index in [-0.39, 0.29) is 28.1 Å². The molecule has 186 valence electrons. The maximum absolute atomic E-state index is 15.2. The van der Waals surface area contributed by atoms with Crippen LogP contribution in [0.2, 0.25) is 0 Å². The highest BCUT2D eigenvalue weighted by Crippen LogP contribution is 2.45. The maximum Gasteiger partial charge on any atom is 0.301 e. The molecule has 37 heavy (non-hydrogen) atoms. The predicted molar refractivity (Wildman–Crippen MR) is 141 cm³/mol. The van der Waals surface area contributed by atoms with E-state index in [1.165, 1.54) is 34.4 Å². The van der Waals surface area contributed by atoms with Crippen LogP contribution in [-0.4, -0.2) is 27.9 Å². The summed E-state index contributed by atoms with van der Waals surface area (Å²) in [5.41, 5.74) is 3.89. The van der Waals surface area contributed by atoms with Crippen LogP contribution in [0.4, 0.5) is 9.52 Å². The van der Waals surface area contributed by atoms with Gasteiger partial charge in [-0.3, -0.25) is 14.5 Å². The number of aryl methyl sites for hydroxylation is 2. The van der Waals surface area contributed by atoms with Crippen LogP contribution in [0, 0.1) is 19.7 Å². The number of hydrogen-bond acceptors (Lipinski definition) is 6. The number of halogens is 1. The molecule has 0 unspecified atom stereocenters. The highest BCUT2D eigenvalue weighted by atomic mass is 32.1. The minimum Gasteiger partial charge on any atom is -0.507 e. The zero-order valence-electron chi connectivity index (χ0n) is 20.4. The molecule has 1 saturated heterocycles. The van der Waals surface area contributed by atoms with E-state index in [2.05, 4.69) is 4.98 Å². The Bertz CT molecular complexity index is 1660. The quantitative estimate of drug-likeness (QED) is 0.206. The van der Waals surface area contributed by atoms with Gasteiger partial charge in [0.25, 0.3) is 5.78 Å². The predicted octanol–water partition coefficient (Wildman–Crippen LogP) is 6.00. The lowest BCUT2D eigenvalue weighted by Gasteiger charge is -2.23. The number of carbonyl (C=O) groups excluding carboxylic acids is 2. The molecule has 0 radical (unpaired) electrons. The van der Waals surface area contributed by atoms with Crippen molar-refractivity contribution >= 4 is 44.1 Å². The van der Waals surface area contributed by atoms with E-state index in [9.17, 15) is 14.7 Å². The minimum atomic E-state index is -1.17. The van der Waals surface area contributed by atoms with E-state index >= 15 is 4.39 Å². The summed E-state index contributed by atoms with van der Waals surface area (Å²) in [4.78, 5) is 32.8. The first-order valence-electron chi connectivity index (χ1n) is 12.0. The summed E-state index contributed by atoms with van der Waals surface area (Å²) in [5.74, 6) is -1.97. The molecule has 2 atom stereocenters. The Morgan fingerprint density at radius 3 is 2.70 bits per heavy atom. The molecule has 1 fully saturated rings. The van der Waals surface area contributed by atoms with E-state index < -0.39 is 23.5 Å². The standard InChI is InChI=1S/C29H23FN2O4S/c1-14-10-15(2)24-22(11-14)37-29(31-24)32-25(19-6-4-5-7-20(19)30)23(27(34)28(32)35)26(33)17-8-9-21-18(13-17)12-16(3)36-21/h4-11,13,16,25,33H,12H2,1-3H3/b26-23+/t16-,25+/m1/s1. The van der Waals surface area contributed by atoms with Gasteiger partial charge in [-0.05, 0) is 67.8 Å². The molecular formula is C29H23FN2O4S. The largest absolute Gasteiger partial charge is 0.507 e. The molecule has 3 aromatic carbocycles. The lowest BCUT2D eigenvalue weighted by atomic mass is 9.94. The molecule has 6 rings (SSSR count). The molecule has 1 N–H and O–H groups in total. The van der Waals surface area contributed by atoms with Crippen LogP contribution in [0.1, 0.15) is 40.8 Å². The number of thiazole rings is 1. The third kappa shape index (κ3) is 3.71. The SMILES string of the molecule is Cc1cc(C)c2nc(N3C(=O)C(=O)/C(=C(/O)c4ccc5c(c4)C[C@@H](C)O5)[C@@H]3c3ccccc3F)sc2c1. The van der Waals surface area contributed by atoms with E-state index in [1.54, 1.807) is 24.3 Å². The summed E-state index contributed by atoms with van der Waals surface area (Å²) in [7, 11) is 0. The van der Waals surface area contributed by atoms with Gasteiger partial charge in [0, 0.05) is 17.5 Å². The van der Waals surface area contributed by atoms with Gasteiger partial charge in [0.1, 0.15) is 29.5 Å². The highest BCUT2D eigenvalue weighted by molar-refractivity contribution is 7.22. The van der Waals surface area contributed by atoms with Crippen molar-refractivity contribution in [3.05, 3.63) is 93.8 Å². The third-order valence-corrected chi connectivity index (χ3v) is 7.84. The van der Waals surface area contributed by atoms with Gasteiger partial charge in [0.05, 0.1) is 15.8 Å². The number of amides is 1. The van der Waals surface area contributed by atoms with E-state index in [1.807, 2.05) is 32.9 Å². The number of Topliss-reactive ketones (excluding diaryl/α,β-unsaturated/α-hetero) is 1. The van der Waals surface area contributed by atoms with Gasteiger partial charge < -0.3 is 9.84 Å². The maximum atomic E-state index is 15.2. The number of rotatable bonds is 3. The van der Waals surface area contributed by atoms with Crippen LogP contribution < -0.4 is 9.64 Å². The van der Waals surface area contributed by atoms with Crippen molar-refractivity contribution < 1.29 is 23.8 Å². The lowest BCUT2D eigenvalue weighted by molar-refractivity contribution is -0.132. The van der Waals surface area contributed by atoms with Gasteiger partial charge >= 0.3 is 5.91 Å². The van der Waals surface area contributed by atoms with Gasteiger partial charge in [-0.2, -0.15) is 0 Å². The molecule has 1 amide bonds. The fourth-order valence-electron chi connectivity index (χ4n) is 5.21. The fourth-order valence-corrected chi connectivity index (χ4v) is 6.38. The highest BCUT2D eigenvalue weighted by Gasteiger charge is 2.49. The van der Waals surface area contributed by atoms with Gasteiger partial charge in [-0.25, -0.2) is 9.37 Å². The van der Waals surface area contributed by atoms with Crippen LogP contribution in [0.5, 0.6) is 5.75 Å². The number of nitrogens with zero attached hydrogens (tertiary/aromatic N) is 2. The third-order valence-electron chi connectivity index (χ3n) is 6.84. The van der Waals surface area contributed by atoms with E-state index in [4.69, 9.17) is 4.74 Å². The fraction of sp³-hybridized carbons (Fsp3) is 0.207. The zero-order valence-corrected chi connectivity index (χ0v) is 21.2. The molecule has 0 spiro atoms. The van der Waals surface area contributed by atoms with E-state index in [0.29, 0.717) is 17.5 Å². The number of benzene rings is 3. The molecule has 6 nitrogen and oxygen atoms in total. The number of aromatic nitrogens is 1. The molecule has 3 heterocycles. The van der Waals surface area contributed by atoms with Crippen molar-refractivity contribution in [3.8, 4) is 5.75 Å². The lowest BCUT2D eigenvalue weighted by Crippen LogP contribution is -2.29. The molecule has 0 bridgehead atoms. The van der Waals surface area contributed by atoms with Crippen molar-refractivity contribution in [2.24, 2.45) is 0 Å². The van der Waals surface area contributed by atoms with Crippen molar-refractivity contribution in [1.82, 2.24) is 4.98 Å². The second-order valence-corrected chi connectivity index (χ2v) is 10.6. The first-order valence-corrected chi connectivity index (χ1v) is 12.8. The van der Waals surface area contributed by atoms with Crippen molar-refractivity contribution in [2.75, 3.05) is 4.90 Å². The number of fused-ring (bicyclic) bond motifs is 2. The second kappa shape index (κ2) is 8.52. The topological polar surface area (TPSA) is 79.7 Å². The van der Waals surface area contributed by atoms with Crippen molar-refractivity contribution in [2.45, 2.75) is 39.3 Å². The molecule has 2 aliphatic heterocycles. The Morgan fingerprint density at radius 2 is 1.92 bits per heavy atom. The number of ether oxygens (including phenoxy) is 1. The summed E-state index contributed by atoms with van der Waals surface area (Å²) in [6, 6.07) is 13.9. The molecule has 0 saturated carbocycles. The molecule has 4 aromatic rings. The Kier molecular flexibility index (Phi) is 5.38. The monoisotopic (exact) mass is 514 g/mol. The Balaban J connectivity index is 1.56. The number of anilines is 1. The van der Waals surface area contributed by atoms with Crippen molar-refractivity contribution in [1.29, 1.82) is 0 Å². The number of aliphatic hydroxyl groups excluding tert-OH is 1. The summed E-state index contributed by atoms with van der Waals surface area (Å²) < 4.78 is 21.8. The molecule has 8 heteroatoms. The summed E-state index contributed by atoms with van der Waals surface area (Å²) in [6.07, 6.45) is 0.661. The number of ketones is 1. The summed E-state index contributed by atoms with van der Waals surface area (Å²) >= 11 is 1.26. The van der Waals surface area contributed by atoms with Gasteiger partial charge in [-0.1, -0.05) is 35.6 Å². The smallest absolute Gasteiger partial charge is 0.301 e. The number of hydrogen-bond donors (Lipinski definition) is 1. The second-order valence-electron chi connectivity index (χ2n) is 9.57. The van der Waals surface area contributed by atoms with Crippen LogP contribution in [0.25, 0.3) is 16.0 Å². The average molecular weight is 515 g/mol. The molecular weight excluding hydrogens is 491 g/mol. The van der Waals surface area contributed by atoms with Crippen LogP contribution in [-0.2, 0) is 16.0 Å². The number of carbonyl (C=O) groups is 2. The summed E-state index contributed by atoms with van der Waals surface area (Å²) in [6.45, 7) is 5.85. The van der Waals surface area contributed by atoms with E-state index in [0.717, 1.165) is 27.1 Å². The minimum absolute atomic E-state index is 0.00233. The number of aliphatic hydroxyl groups is 1. The normalized spacial score (nSPS) is 20.5. The van der Waals surface area contributed by atoms with Crippen LogP contribution in [0.3, 0.4) is 0 Å². The summed E-state index contributed by atoms with van der Waals surface area (Å²) in [5, 5.41) is 11.7. The average Bonchev–Trinajstić information content (AvgIpc) is 3.52. The molecule has 0 aliphatic carbocycles. The Hall–Kier alpha value is -4.04. The van der Waals surface area contributed by atoms with Crippen LogP contribution in [0.15, 0.2) is 60.2 Å². The molecule has 1 aromatic heterocycles. The van der Waals surface area contributed by atoms with Gasteiger partial charge in [0.15, 0.2) is 5.13 Å². The van der Waals surface area contributed by atoms with Gasteiger partial charge in [0.2, 0.25) is 0 Å². The first-order chi connectivity index (χ1) is 17.7. The Morgan fingerprint density at radius 1 is 1.14 bits per heavy atom. The zero-order chi connectivity index (χ0) is 26.0.